The molecular formula is C9H13N3O. The second-order valence-electron chi connectivity index (χ2n) is 3.45. The van der Waals surface area contributed by atoms with Gasteiger partial charge in [0.25, 0.3) is 0 Å². The number of nitrogens with one attached hydrogen (secondary N) is 1. The first-order valence-electron chi connectivity index (χ1n) is 4.50. The number of rotatable bonds is 3. The highest BCUT2D eigenvalue weighted by molar-refractivity contribution is 5.02. The summed E-state index contributed by atoms with van der Waals surface area (Å²) in [5.74, 6) is 0. The summed E-state index contributed by atoms with van der Waals surface area (Å²) in [5.41, 5.74) is 1.09. The van der Waals surface area contributed by atoms with Crippen LogP contribution >= 0.6 is 0 Å². The molecule has 0 bridgehead atoms. The summed E-state index contributed by atoms with van der Waals surface area (Å²) in [5, 5.41) is 12.4. The van der Waals surface area contributed by atoms with Crippen molar-refractivity contribution in [3.8, 4) is 0 Å². The van der Waals surface area contributed by atoms with Gasteiger partial charge in [-0.25, -0.2) is 9.97 Å². The number of aliphatic hydroxyl groups is 1. The van der Waals surface area contributed by atoms with Crippen molar-refractivity contribution < 1.29 is 5.11 Å². The van der Waals surface area contributed by atoms with Gasteiger partial charge in [-0.3, -0.25) is 0 Å². The molecule has 70 valence electrons. The first-order valence-corrected chi connectivity index (χ1v) is 4.50. The molecule has 1 aliphatic rings. The third kappa shape index (κ3) is 2.23. The highest BCUT2D eigenvalue weighted by Crippen LogP contribution is 2.19. The molecule has 0 unspecified atom stereocenters. The van der Waals surface area contributed by atoms with E-state index >= 15 is 0 Å². The molecule has 0 saturated heterocycles. The number of hydrogen-bond donors (Lipinski definition) is 2. The normalized spacial score (nSPS) is 26.8. The Labute approximate surface area is 77.0 Å². The number of aliphatic hydroxyl groups excluding tert-OH is 1. The van der Waals surface area contributed by atoms with Crippen LogP contribution in [0.3, 0.4) is 0 Å². The predicted molar refractivity (Wildman–Crippen MR) is 47.9 cm³/mol. The lowest BCUT2D eigenvalue weighted by molar-refractivity contribution is 0.0619. The summed E-state index contributed by atoms with van der Waals surface area (Å²) in [7, 11) is 0. The Morgan fingerprint density at radius 3 is 2.69 bits per heavy atom. The van der Waals surface area contributed by atoms with Crippen LogP contribution in [-0.4, -0.2) is 27.2 Å². The van der Waals surface area contributed by atoms with Crippen molar-refractivity contribution in [1.29, 1.82) is 0 Å². The lowest BCUT2D eigenvalue weighted by atomic mass is 9.89. The Morgan fingerprint density at radius 1 is 1.38 bits per heavy atom. The molecule has 1 aromatic rings. The third-order valence-corrected chi connectivity index (χ3v) is 2.32. The molecule has 0 radical (unpaired) electrons. The Hall–Kier alpha value is -1.00. The topological polar surface area (TPSA) is 58.0 Å². The first kappa shape index (κ1) is 8.59. The summed E-state index contributed by atoms with van der Waals surface area (Å²) in [6.45, 7) is 0.790. The van der Waals surface area contributed by atoms with Crippen molar-refractivity contribution in [3.63, 3.8) is 0 Å². The average molecular weight is 179 g/mol. The maximum absolute atomic E-state index is 9.05. The monoisotopic (exact) mass is 179 g/mol. The van der Waals surface area contributed by atoms with E-state index in [0.29, 0.717) is 6.04 Å². The van der Waals surface area contributed by atoms with E-state index < -0.39 is 0 Å². The molecule has 4 nitrogen and oxygen atoms in total. The van der Waals surface area contributed by atoms with Crippen LogP contribution in [0.25, 0.3) is 0 Å². The molecule has 0 aromatic carbocycles. The zero-order chi connectivity index (χ0) is 9.10. The molecule has 13 heavy (non-hydrogen) atoms. The van der Waals surface area contributed by atoms with E-state index in [1.54, 1.807) is 12.4 Å². The minimum Gasteiger partial charge on any atom is -0.393 e. The molecule has 1 heterocycles. The third-order valence-electron chi connectivity index (χ3n) is 2.32. The maximum atomic E-state index is 9.05. The molecular weight excluding hydrogens is 166 g/mol. The summed E-state index contributed by atoms with van der Waals surface area (Å²) in [4.78, 5) is 7.84. The van der Waals surface area contributed by atoms with E-state index in [4.69, 9.17) is 5.11 Å². The largest absolute Gasteiger partial charge is 0.393 e. The van der Waals surface area contributed by atoms with Gasteiger partial charge in [-0.15, -0.1) is 0 Å². The fourth-order valence-electron chi connectivity index (χ4n) is 1.44. The minimum absolute atomic E-state index is 0.0930. The number of hydrogen-bond acceptors (Lipinski definition) is 4. The zero-order valence-corrected chi connectivity index (χ0v) is 7.35. The standard InChI is InChI=1S/C9H13N3O/c13-9-1-8(2-9)12-5-7-3-10-6-11-4-7/h3-4,6,8-9,12-13H,1-2,5H2. The van der Waals surface area contributed by atoms with Crippen LogP contribution in [0.15, 0.2) is 18.7 Å². The Kier molecular flexibility index (Phi) is 2.52. The second kappa shape index (κ2) is 3.81. The van der Waals surface area contributed by atoms with E-state index in [1.165, 1.54) is 6.33 Å². The average Bonchev–Trinajstić information content (AvgIpc) is 2.12. The quantitative estimate of drug-likeness (QED) is 0.690. The Bertz CT molecular complexity index is 259. The predicted octanol–water partition coefficient (Wildman–Crippen LogP) is 0.0895. The van der Waals surface area contributed by atoms with E-state index in [9.17, 15) is 0 Å². The first-order chi connectivity index (χ1) is 6.34. The highest BCUT2D eigenvalue weighted by Gasteiger charge is 2.26. The van der Waals surface area contributed by atoms with Crippen LogP contribution in [0.2, 0.25) is 0 Å². The lowest BCUT2D eigenvalue weighted by Crippen LogP contribution is -2.43. The van der Waals surface area contributed by atoms with Gasteiger partial charge in [0.05, 0.1) is 6.10 Å². The van der Waals surface area contributed by atoms with Crippen molar-refractivity contribution in [1.82, 2.24) is 15.3 Å². The molecule has 0 aliphatic heterocycles. The van der Waals surface area contributed by atoms with Gasteiger partial charge in [-0.2, -0.15) is 0 Å². The molecule has 1 fully saturated rings. The van der Waals surface area contributed by atoms with Gasteiger partial charge in [0.1, 0.15) is 6.33 Å². The zero-order valence-electron chi connectivity index (χ0n) is 7.35. The summed E-state index contributed by atoms with van der Waals surface area (Å²) in [6, 6.07) is 0.468. The van der Waals surface area contributed by atoms with Gasteiger partial charge >= 0.3 is 0 Å². The second-order valence-corrected chi connectivity index (χ2v) is 3.45. The number of aromatic nitrogens is 2. The molecule has 1 saturated carbocycles. The SMILES string of the molecule is OC1CC(NCc2cncnc2)C1. The fourth-order valence-corrected chi connectivity index (χ4v) is 1.44. The van der Waals surface area contributed by atoms with Gasteiger partial charge in [-0.05, 0) is 12.8 Å². The van der Waals surface area contributed by atoms with Crippen molar-refractivity contribution >= 4 is 0 Å². The minimum atomic E-state index is -0.0930. The van der Waals surface area contributed by atoms with Gasteiger partial charge in [0.15, 0.2) is 0 Å². The van der Waals surface area contributed by atoms with E-state index in [1.807, 2.05) is 0 Å². The smallest absolute Gasteiger partial charge is 0.115 e. The maximum Gasteiger partial charge on any atom is 0.115 e. The summed E-state index contributed by atoms with van der Waals surface area (Å²) >= 11 is 0. The van der Waals surface area contributed by atoms with Crippen LogP contribution in [0.4, 0.5) is 0 Å². The molecule has 2 N–H and O–H groups in total. The fraction of sp³-hybridized carbons (Fsp3) is 0.556. The van der Waals surface area contributed by atoms with Crippen molar-refractivity contribution in [2.24, 2.45) is 0 Å². The summed E-state index contributed by atoms with van der Waals surface area (Å²) < 4.78 is 0. The van der Waals surface area contributed by atoms with Crippen molar-refractivity contribution in [2.45, 2.75) is 31.5 Å². The van der Waals surface area contributed by atoms with E-state index in [2.05, 4.69) is 15.3 Å². The molecule has 2 rings (SSSR count). The van der Waals surface area contributed by atoms with Gasteiger partial charge in [0.2, 0.25) is 0 Å². The Balaban J connectivity index is 1.74. The Morgan fingerprint density at radius 2 is 2.08 bits per heavy atom. The van der Waals surface area contributed by atoms with E-state index in [-0.39, 0.29) is 6.10 Å². The number of nitrogens with zero attached hydrogens (tertiary/aromatic N) is 2. The van der Waals surface area contributed by atoms with Crippen molar-refractivity contribution in [3.05, 3.63) is 24.3 Å². The molecule has 1 aromatic heterocycles. The lowest BCUT2D eigenvalue weighted by Gasteiger charge is -2.32. The molecule has 4 heteroatoms. The summed E-state index contributed by atoms with van der Waals surface area (Å²) in [6.07, 6.45) is 6.77. The van der Waals surface area contributed by atoms with Crippen LogP contribution in [-0.2, 0) is 6.54 Å². The van der Waals surface area contributed by atoms with Crippen LogP contribution in [0, 0.1) is 0 Å². The van der Waals surface area contributed by atoms with Crippen molar-refractivity contribution in [2.75, 3.05) is 0 Å². The molecule has 0 atom stereocenters. The van der Waals surface area contributed by atoms with Gasteiger partial charge in [0, 0.05) is 30.5 Å². The van der Waals surface area contributed by atoms with E-state index in [0.717, 1.165) is 24.9 Å². The van der Waals surface area contributed by atoms with Gasteiger partial charge < -0.3 is 10.4 Å². The molecule has 0 spiro atoms. The van der Waals surface area contributed by atoms with Crippen LogP contribution < -0.4 is 5.32 Å². The van der Waals surface area contributed by atoms with Crippen LogP contribution in [0.5, 0.6) is 0 Å². The highest BCUT2D eigenvalue weighted by atomic mass is 16.3. The molecule has 0 amide bonds. The van der Waals surface area contributed by atoms with Crippen LogP contribution in [0.1, 0.15) is 18.4 Å². The van der Waals surface area contributed by atoms with Gasteiger partial charge in [-0.1, -0.05) is 0 Å². The molecule has 1 aliphatic carbocycles.